The molecule has 1 rings (SSSR count). The number of rotatable bonds is 3. The SMILES string of the molecule is Cc1cc(=O)c(C(=O)N(CC(F)(F)F)C(C)C)c[nH]1. The van der Waals surface area contributed by atoms with Gasteiger partial charge in [-0.1, -0.05) is 0 Å². The highest BCUT2D eigenvalue weighted by atomic mass is 19.4. The Labute approximate surface area is 108 Å². The minimum absolute atomic E-state index is 0.288. The van der Waals surface area contributed by atoms with Crippen LogP contribution in [0.15, 0.2) is 17.1 Å². The zero-order chi connectivity index (χ0) is 14.8. The molecule has 19 heavy (non-hydrogen) atoms. The van der Waals surface area contributed by atoms with Crippen molar-refractivity contribution in [2.75, 3.05) is 6.54 Å². The molecule has 1 heterocycles. The van der Waals surface area contributed by atoms with E-state index in [2.05, 4.69) is 4.98 Å². The molecular weight excluding hydrogens is 261 g/mol. The zero-order valence-electron chi connectivity index (χ0n) is 10.8. The van der Waals surface area contributed by atoms with Crippen molar-refractivity contribution in [3.8, 4) is 0 Å². The summed E-state index contributed by atoms with van der Waals surface area (Å²) in [5, 5.41) is 0. The molecule has 1 amide bonds. The van der Waals surface area contributed by atoms with Crippen molar-refractivity contribution in [2.45, 2.75) is 33.0 Å². The van der Waals surface area contributed by atoms with Gasteiger partial charge in [0.2, 0.25) is 0 Å². The van der Waals surface area contributed by atoms with Gasteiger partial charge in [0, 0.05) is 24.0 Å². The van der Waals surface area contributed by atoms with Crippen molar-refractivity contribution in [1.29, 1.82) is 0 Å². The van der Waals surface area contributed by atoms with E-state index in [4.69, 9.17) is 0 Å². The molecule has 1 aromatic rings. The average molecular weight is 276 g/mol. The summed E-state index contributed by atoms with van der Waals surface area (Å²) >= 11 is 0. The van der Waals surface area contributed by atoms with Gasteiger partial charge in [0.1, 0.15) is 12.1 Å². The van der Waals surface area contributed by atoms with Crippen LogP contribution in [0.5, 0.6) is 0 Å². The number of H-pyrrole nitrogens is 1. The maximum atomic E-state index is 12.4. The first-order chi connectivity index (χ1) is 8.61. The summed E-state index contributed by atoms with van der Waals surface area (Å²) in [5.74, 6) is -0.923. The lowest BCUT2D eigenvalue weighted by molar-refractivity contribution is -0.143. The molecule has 1 aromatic heterocycles. The number of pyridine rings is 1. The maximum Gasteiger partial charge on any atom is 0.406 e. The molecule has 0 unspecified atom stereocenters. The van der Waals surface area contributed by atoms with Crippen molar-refractivity contribution in [3.05, 3.63) is 33.7 Å². The molecule has 0 saturated heterocycles. The van der Waals surface area contributed by atoms with E-state index in [0.717, 1.165) is 6.20 Å². The van der Waals surface area contributed by atoms with Crippen LogP contribution in [0, 0.1) is 6.92 Å². The Hall–Kier alpha value is -1.79. The number of carbonyl (C=O) groups excluding carboxylic acids is 1. The fourth-order valence-electron chi connectivity index (χ4n) is 1.58. The first-order valence-electron chi connectivity index (χ1n) is 5.69. The number of aryl methyl sites for hydroxylation is 1. The van der Waals surface area contributed by atoms with Gasteiger partial charge in [-0.25, -0.2) is 0 Å². The summed E-state index contributed by atoms with van der Waals surface area (Å²) in [6.45, 7) is 3.17. The molecule has 7 heteroatoms. The molecular formula is C12H15F3N2O2. The average Bonchev–Trinajstić information content (AvgIpc) is 2.23. The first kappa shape index (κ1) is 15.3. The molecule has 4 nitrogen and oxygen atoms in total. The maximum absolute atomic E-state index is 12.4. The van der Waals surface area contributed by atoms with Crippen molar-refractivity contribution in [3.63, 3.8) is 0 Å². The van der Waals surface area contributed by atoms with Crippen LogP contribution in [0.1, 0.15) is 29.9 Å². The second-order valence-corrected chi connectivity index (χ2v) is 4.54. The highest BCUT2D eigenvalue weighted by Crippen LogP contribution is 2.19. The van der Waals surface area contributed by atoms with Crippen molar-refractivity contribution in [2.24, 2.45) is 0 Å². The van der Waals surface area contributed by atoms with Gasteiger partial charge in [-0.05, 0) is 20.8 Å². The number of nitrogens with one attached hydrogen (secondary N) is 1. The third-order valence-corrected chi connectivity index (χ3v) is 2.52. The molecule has 0 atom stereocenters. The van der Waals surface area contributed by atoms with Gasteiger partial charge in [0.15, 0.2) is 5.43 Å². The number of carbonyl (C=O) groups is 1. The van der Waals surface area contributed by atoms with Gasteiger partial charge in [-0.15, -0.1) is 0 Å². The van der Waals surface area contributed by atoms with Gasteiger partial charge in [-0.2, -0.15) is 13.2 Å². The molecule has 0 aliphatic heterocycles. The summed E-state index contributed by atoms with van der Waals surface area (Å²) in [4.78, 5) is 26.9. The van der Waals surface area contributed by atoms with E-state index in [0.29, 0.717) is 10.6 Å². The Morgan fingerprint density at radius 1 is 1.42 bits per heavy atom. The number of hydrogen-bond acceptors (Lipinski definition) is 2. The van der Waals surface area contributed by atoms with E-state index in [1.165, 1.54) is 19.9 Å². The van der Waals surface area contributed by atoms with Crippen molar-refractivity contribution in [1.82, 2.24) is 9.88 Å². The molecule has 0 radical (unpaired) electrons. The van der Waals surface area contributed by atoms with Crippen LogP contribution in [-0.4, -0.2) is 34.6 Å². The van der Waals surface area contributed by atoms with Crippen molar-refractivity contribution < 1.29 is 18.0 Å². The van der Waals surface area contributed by atoms with E-state index in [1.54, 1.807) is 6.92 Å². The summed E-state index contributed by atoms with van der Waals surface area (Å²) < 4.78 is 37.3. The Morgan fingerprint density at radius 2 is 2.00 bits per heavy atom. The highest BCUT2D eigenvalue weighted by Gasteiger charge is 2.35. The van der Waals surface area contributed by atoms with Crippen LogP contribution in [0.25, 0.3) is 0 Å². The Morgan fingerprint density at radius 3 is 2.42 bits per heavy atom. The Kier molecular flexibility index (Phi) is 4.39. The molecule has 0 aromatic carbocycles. The fraction of sp³-hybridized carbons (Fsp3) is 0.500. The summed E-state index contributed by atoms with van der Waals surface area (Å²) in [6.07, 6.45) is -3.36. The Balaban J connectivity index is 3.10. The van der Waals surface area contributed by atoms with Crippen LogP contribution in [0.3, 0.4) is 0 Å². The molecule has 0 fully saturated rings. The van der Waals surface area contributed by atoms with E-state index in [1.807, 2.05) is 0 Å². The standard InChI is InChI=1S/C12H15F3N2O2/c1-7(2)17(6-12(13,14)15)11(19)9-5-16-8(3)4-10(9)18/h4-5,7H,6H2,1-3H3,(H,16,18). The smallest absolute Gasteiger partial charge is 0.364 e. The number of nitrogens with zero attached hydrogens (tertiary/aromatic N) is 1. The lowest BCUT2D eigenvalue weighted by Crippen LogP contribution is -2.44. The largest absolute Gasteiger partial charge is 0.406 e. The van der Waals surface area contributed by atoms with Gasteiger partial charge >= 0.3 is 6.18 Å². The monoisotopic (exact) mass is 276 g/mol. The lowest BCUT2D eigenvalue weighted by Gasteiger charge is -2.27. The molecule has 106 valence electrons. The van der Waals surface area contributed by atoms with E-state index >= 15 is 0 Å². The van der Waals surface area contributed by atoms with E-state index in [9.17, 15) is 22.8 Å². The number of alkyl halides is 3. The molecule has 0 saturated carbocycles. The molecule has 0 aliphatic rings. The van der Waals surface area contributed by atoms with E-state index < -0.39 is 30.1 Å². The summed E-state index contributed by atoms with van der Waals surface area (Å²) in [5.41, 5.74) is -0.342. The quantitative estimate of drug-likeness (QED) is 0.919. The highest BCUT2D eigenvalue weighted by molar-refractivity contribution is 5.94. The van der Waals surface area contributed by atoms with Gasteiger partial charge in [-0.3, -0.25) is 9.59 Å². The predicted octanol–water partition coefficient (Wildman–Crippen LogP) is 2.10. The Bertz CT molecular complexity index is 520. The second kappa shape index (κ2) is 5.46. The van der Waals surface area contributed by atoms with Gasteiger partial charge < -0.3 is 9.88 Å². The van der Waals surface area contributed by atoms with Crippen LogP contribution >= 0.6 is 0 Å². The first-order valence-corrected chi connectivity index (χ1v) is 5.69. The van der Waals surface area contributed by atoms with E-state index in [-0.39, 0.29) is 5.56 Å². The van der Waals surface area contributed by atoms with Crippen LogP contribution in [0.4, 0.5) is 13.2 Å². The molecule has 0 bridgehead atoms. The molecule has 0 aliphatic carbocycles. The minimum Gasteiger partial charge on any atom is -0.364 e. The number of amides is 1. The zero-order valence-corrected chi connectivity index (χ0v) is 10.8. The van der Waals surface area contributed by atoms with Crippen LogP contribution in [0.2, 0.25) is 0 Å². The fourth-order valence-corrected chi connectivity index (χ4v) is 1.58. The molecule has 0 spiro atoms. The minimum atomic E-state index is -4.50. The third-order valence-electron chi connectivity index (χ3n) is 2.52. The number of hydrogen-bond donors (Lipinski definition) is 1. The van der Waals surface area contributed by atoms with Crippen molar-refractivity contribution >= 4 is 5.91 Å². The number of aromatic nitrogens is 1. The third kappa shape index (κ3) is 4.11. The van der Waals surface area contributed by atoms with Gasteiger partial charge in [0.25, 0.3) is 5.91 Å². The number of halogens is 3. The second-order valence-electron chi connectivity index (χ2n) is 4.54. The topological polar surface area (TPSA) is 53.2 Å². The summed E-state index contributed by atoms with van der Waals surface area (Å²) in [7, 11) is 0. The summed E-state index contributed by atoms with van der Waals surface area (Å²) in [6, 6.07) is 0.522. The predicted molar refractivity (Wildman–Crippen MR) is 64.0 cm³/mol. The van der Waals surface area contributed by atoms with Crippen LogP contribution < -0.4 is 5.43 Å². The number of aromatic amines is 1. The molecule has 1 N–H and O–H groups in total. The van der Waals surface area contributed by atoms with Crippen LogP contribution in [-0.2, 0) is 0 Å². The lowest BCUT2D eigenvalue weighted by atomic mass is 10.2. The normalized spacial score (nSPS) is 11.7. The van der Waals surface area contributed by atoms with Gasteiger partial charge in [0.05, 0.1) is 0 Å².